The number of carbonyl (C=O) groups excluding carboxylic acids is 2. The number of piperidine rings is 1. The van der Waals surface area contributed by atoms with Crippen LogP contribution in [0, 0.1) is 0 Å². The van der Waals surface area contributed by atoms with Gasteiger partial charge in [-0.1, -0.05) is 19.1 Å². The molecule has 154 valence electrons. The van der Waals surface area contributed by atoms with Gasteiger partial charge in [0.05, 0.1) is 5.75 Å². The number of ketones is 1. The Morgan fingerprint density at radius 1 is 1.11 bits per heavy atom. The average Bonchev–Trinajstić information content (AvgIpc) is 3.14. The quantitative estimate of drug-likeness (QED) is 0.672. The first kappa shape index (κ1) is 21.0. The first-order valence-corrected chi connectivity index (χ1v) is 11.9. The smallest absolute Gasteiger partial charge is 0.220 e. The number of hydrogen-bond acceptors (Lipinski definition) is 4. The molecule has 1 N–H and O–H groups in total. The standard InChI is InChI=1S/C21H30N2O4S/c1-2-14-28(26,27)23-12-10-19(11-13-23)22-21(25)9-8-20(24)18-7-6-16-4-3-5-17(16)15-18/h6-7,15,19H,2-5,8-14H2,1H3,(H,22,25). The first-order chi connectivity index (χ1) is 13.4. The molecular weight excluding hydrogens is 376 g/mol. The summed E-state index contributed by atoms with van der Waals surface area (Å²) in [5, 5.41) is 2.96. The number of aryl methyl sites for hydroxylation is 2. The fourth-order valence-corrected chi connectivity index (χ4v) is 5.62. The summed E-state index contributed by atoms with van der Waals surface area (Å²) < 4.78 is 25.7. The maximum absolute atomic E-state index is 12.4. The Balaban J connectivity index is 1.42. The Bertz CT molecular complexity index is 827. The van der Waals surface area contributed by atoms with Crippen molar-refractivity contribution in [1.82, 2.24) is 9.62 Å². The Hall–Kier alpha value is -1.73. The van der Waals surface area contributed by atoms with Gasteiger partial charge < -0.3 is 5.32 Å². The molecule has 1 saturated heterocycles. The van der Waals surface area contributed by atoms with E-state index in [1.807, 2.05) is 25.1 Å². The number of benzene rings is 1. The van der Waals surface area contributed by atoms with E-state index in [1.165, 1.54) is 15.4 Å². The van der Waals surface area contributed by atoms with E-state index < -0.39 is 10.0 Å². The zero-order valence-corrected chi connectivity index (χ0v) is 17.4. The molecule has 1 heterocycles. The van der Waals surface area contributed by atoms with Gasteiger partial charge in [0.2, 0.25) is 15.9 Å². The van der Waals surface area contributed by atoms with Crippen LogP contribution in [0.15, 0.2) is 18.2 Å². The van der Waals surface area contributed by atoms with Crippen LogP contribution < -0.4 is 5.32 Å². The minimum atomic E-state index is -3.17. The lowest BCUT2D eigenvalue weighted by Crippen LogP contribution is -2.47. The van der Waals surface area contributed by atoms with E-state index in [0.717, 1.165) is 19.3 Å². The summed E-state index contributed by atoms with van der Waals surface area (Å²) in [6.07, 6.45) is 5.49. The van der Waals surface area contributed by atoms with Gasteiger partial charge >= 0.3 is 0 Å². The number of nitrogens with one attached hydrogen (secondary N) is 1. The van der Waals surface area contributed by atoms with Gasteiger partial charge in [-0.3, -0.25) is 9.59 Å². The number of sulfonamides is 1. The van der Waals surface area contributed by atoms with E-state index in [9.17, 15) is 18.0 Å². The van der Waals surface area contributed by atoms with Crippen molar-refractivity contribution >= 4 is 21.7 Å². The van der Waals surface area contributed by atoms with Crippen LogP contribution in [-0.2, 0) is 27.7 Å². The molecule has 6 nitrogen and oxygen atoms in total. The molecule has 7 heteroatoms. The van der Waals surface area contributed by atoms with Crippen LogP contribution in [0.5, 0.6) is 0 Å². The molecule has 0 unspecified atom stereocenters. The third-order valence-electron chi connectivity index (χ3n) is 5.67. The van der Waals surface area contributed by atoms with Gasteiger partial charge in [-0.25, -0.2) is 12.7 Å². The molecule has 1 amide bonds. The molecular formula is C21H30N2O4S. The summed E-state index contributed by atoms with van der Waals surface area (Å²) >= 11 is 0. The summed E-state index contributed by atoms with van der Waals surface area (Å²) in [4.78, 5) is 24.6. The number of carbonyl (C=O) groups is 2. The molecule has 0 bridgehead atoms. The van der Waals surface area contributed by atoms with Gasteiger partial charge in [0.15, 0.2) is 5.78 Å². The predicted molar refractivity (Wildman–Crippen MR) is 109 cm³/mol. The summed E-state index contributed by atoms with van der Waals surface area (Å²) in [5.74, 6) is 0.0455. The van der Waals surface area contributed by atoms with Crippen LogP contribution in [-0.4, -0.2) is 49.3 Å². The van der Waals surface area contributed by atoms with Crippen molar-refractivity contribution in [2.45, 2.75) is 64.3 Å². The Morgan fingerprint density at radius 3 is 2.54 bits per heavy atom. The van der Waals surface area contributed by atoms with Crippen molar-refractivity contribution < 1.29 is 18.0 Å². The highest BCUT2D eigenvalue weighted by molar-refractivity contribution is 7.89. The van der Waals surface area contributed by atoms with E-state index >= 15 is 0 Å². The Labute approximate surface area is 167 Å². The monoisotopic (exact) mass is 406 g/mol. The lowest BCUT2D eigenvalue weighted by Gasteiger charge is -2.31. The van der Waals surface area contributed by atoms with Gasteiger partial charge in [-0.2, -0.15) is 0 Å². The molecule has 0 spiro atoms. The normalized spacial score (nSPS) is 18.0. The highest BCUT2D eigenvalue weighted by Gasteiger charge is 2.28. The number of fused-ring (bicyclic) bond motifs is 1. The van der Waals surface area contributed by atoms with Crippen molar-refractivity contribution in [3.8, 4) is 0 Å². The van der Waals surface area contributed by atoms with Gasteiger partial charge in [0.1, 0.15) is 0 Å². The first-order valence-electron chi connectivity index (χ1n) is 10.3. The van der Waals surface area contributed by atoms with Crippen LogP contribution in [0.3, 0.4) is 0 Å². The molecule has 1 aromatic carbocycles. The molecule has 0 aromatic heterocycles. The number of rotatable bonds is 8. The van der Waals surface area contributed by atoms with E-state index in [4.69, 9.17) is 0 Å². The van der Waals surface area contributed by atoms with Crippen LogP contribution in [0.4, 0.5) is 0 Å². The highest BCUT2D eigenvalue weighted by Crippen LogP contribution is 2.23. The Morgan fingerprint density at radius 2 is 1.82 bits per heavy atom. The SMILES string of the molecule is CCCS(=O)(=O)N1CCC(NC(=O)CCC(=O)c2ccc3c(c2)CCC3)CC1. The molecule has 1 fully saturated rings. The average molecular weight is 407 g/mol. The number of hydrogen-bond donors (Lipinski definition) is 1. The zero-order valence-electron chi connectivity index (χ0n) is 16.6. The van der Waals surface area contributed by atoms with Gasteiger partial charge in [-0.15, -0.1) is 0 Å². The number of Topliss-reactive ketones (excluding diaryl/α,β-unsaturated/α-hetero) is 1. The van der Waals surface area contributed by atoms with Gasteiger partial charge in [0.25, 0.3) is 0 Å². The van der Waals surface area contributed by atoms with Crippen molar-refractivity contribution in [3.63, 3.8) is 0 Å². The second-order valence-corrected chi connectivity index (χ2v) is 9.91. The van der Waals surface area contributed by atoms with Crippen molar-refractivity contribution in [3.05, 3.63) is 34.9 Å². The van der Waals surface area contributed by atoms with E-state index in [2.05, 4.69) is 5.32 Å². The topological polar surface area (TPSA) is 83.6 Å². The van der Waals surface area contributed by atoms with Crippen molar-refractivity contribution in [1.29, 1.82) is 0 Å². The van der Waals surface area contributed by atoms with E-state index in [0.29, 0.717) is 37.9 Å². The fraction of sp³-hybridized carbons (Fsp3) is 0.619. The second kappa shape index (κ2) is 9.18. The molecule has 0 atom stereocenters. The van der Waals surface area contributed by atoms with Crippen LogP contribution in [0.1, 0.15) is 66.9 Å². The predicted octanol–water partition coefficient (Wildman–Crippen LogP) is 2.46. The van der Waals surface area contributed by atoms with Crippen molar-refractivity contribution in [2.75, 3.05) is 18.8 Å². The lowest BCUT2D eigenvalue weighted by molar-refractivity contribution is -0.122. The minimum Gasteiger partial charge on any atom is -0.353 e. The summed E-state index contributed by atoms with van der Waals surface area (Å²) in [5.41, 5.74) is 3.30. The molecule has 0 saturated carbocycles. The summed E-state index contributed by atoms with van der Waals surface area (Å²) in [6, 6.07) is 5.87. The molecule has 1 aromatic rings. The number of nitrogens with zero attached hydrogens (tertiary/aromatic N) is 1. The van der Waals surface area contributed by atoms with Crippen LogP contribution in [0.2, 0.25) is 0 Å². The van der Waals surface area contributed by atoms with Crippen LogP contribution in [0.25, 0.3) is 0 Å². The molecule has 3 rings (SSSR count). The number of amides is 1. The molecule has 1 aliphatic carbocycles. The highest BCUT2D eigenvalue weighted by atomic mass is 32.2. The van der Waals surface area contributed by atoms with E-state index in [1.54, 1.807) is 0 Å². The largest absolute Gasteiger partial charge is 0.353 e. The molecule has 2 aliphatic rings. The lowest BCUT2D eigenvalue weighted by atomic mass is 10.0. The van der Waals surface area contributed by atoms with E-state index in [-0.39, 0.29) is 36.3 Å². The summed E-state index contributed by atoms with van der Waals surface area (Å²) in [6.45, 7) is 2.75. The van der Waals surface area contributed by atoms with Crippen LogP contribution >= 0.6 is 0 Å². The maximum Gasteiger partial charge on any atom is 0.220 e. The molecule has 1 aliphatic heterocycles. The second-order valence-electron chi connectivity index (χ2n) is 7.82. The minimum absolute atomic E-state index is 0.00493. The fourth-order valence-electron chi connectivity index (χ4n) is 4.08. The maximum atomic E-state index is 12.4. The molecule has 0 radical (unpaired) electrons. The third kappa shape index (κ3) is 5.20. The zero-order chi connectivity index (χ0) is 20.1. The summed E-state index contributed by atoms with van der Waals surface area (Å²) in [7, 11) is -3.17. The Kier molecular flexibility index (Phi) is 6.88. The molecule has 28 heavy (non-hydrogen) atoms. The van der Waals surface area contributed by atoms with Gasteiger partial charge in [0, 0.05) is 37.5 Å². The third-order valence-corrected chi connectivity index (χ3v) is 7.75. The van der Waals surface area contributed by atoms with Crippen molar-refractivity contribution in [2.24, 2.45) is 0 Å². The van der Waals surface area contributed by atoms with Gasteiger partial charge in [-0.05, 0) is 55.7 Å².